The van der Waals surface area contributed by atoms with Crippen molar-refractivity contribution in [2.24, 2.45) is 5.92 Å². The van der Waals surface area contributed by atoms with Gasteiger partial charge in [-0.2, -0.15) is 0 Å². The van der Waals surface area contributed by atoms with Crippen molar-refractivity contribution in [2.45, 2.75) is 19.3 Å². The summed E-state index contributed by atoms with van der Waals surface area (Å²) >= 11 is 0.873. The Kier molecular flexibility index (Phi) is 3.48. The SMILES string of the molecule is O=C(Nc1ncc([N+](=O)[O-])s1)[C@@H]1CC=CCC1. The fraction of sp³-hybridized carbons (Fsp3) is 0.400. The number of hydrogen-bond donors (Lipinski definition) is 1. The van der Waals surface area contributed by atoms with Crippen LogP contribution in [0, 0.1) is 16.0 Å². The average Bonchev–Trinajstić information content (AvgIpc) is 2.79. The van der Waals surface area contributed by atoms with Crippen LogP contribution in [-0.2, 0) is 4.79 Å². The van der Waals surface area contributed by atoms with Gasteiger partial charge in [0.2, 0.25) is 5.91 Å². The minimum Gasteiger partial charge on any atom is -0.302 e. The summed E-state index contributed by atoms with van der Waals surface area (Å²) in [6.07, 6.45) is 7.63. The van der Waals surface area contributed by atoms with Gasteiger partial charge in [0.05, 0.1) is 4.92 Å². The van der Waals surface area contributed by atoms with Gasteiger partial charge in [-0.25, -0.2) is 4.98 Å². The van der Waals surface area contributed by atoms with Crippen molar-refractivity contribution in [1.29, 1.82) is 0 Å². The molecule has 0 unspecified atom stereocenters. The van der Waals surface area contributed by atoms with Crippen LogP contribution in [0.4, 0.5) is 10.1 Å². The number of aromatic nitrogens is 1. The van der Waals surface area contributed by atoms with E-state index in [9.17, 15) is 14.9 Å². The molecule has 0 aromatic carbocycles. The zero-order chi connectivity index (χ0) is 12.3. The molecule has 1 aromatic rings. The normalized spacial score (nSPS) is 18.9. The summed E-state index contributed by atoms with van der Waals surface area (Å²) in [6, 6.07) is 0. The number of allylic oxidation sites excluding steroid dienone is 2. The van der Waals surface area contributed by atoms with Crippen molar-refractivity contribution in [2.75, 3.05) is 5.32 Å². The summed E-state index contributed by atoms with van der Waals surface area (Å²) < 4.78 is 0. The molecule has 1 N–H and O–H groups in total. The topological polar surface area (TPSA) is 85.1 Å². The van der Waals surface area contributed by atoms with Gasteiger partial charge in [-0.05, 0) is 30.6 Å². The third-order valence-corrected chi connectivity index (χ3v) is 3.41. The molecule has 1 aliphatic carbocycles. The van der Waals surface area contributed by atoms with Crippen molar-refractivity contribution in [3.63, 3.8) is 0 Å². The minimum atomic E-state index is -0.517. The molecule has 0 bridgehead atoms. The number of carbonyl (C=O) groups is 1. The molecule has 0 saturated heterocycles. The van der Waals surface area contributed by atoms with Gasteiger partial charge in [0, 0.05) is 5.92 Å². The Morgan fingerprint density at radius 3 is 3.00 bits per heavy atom. The van der Waals surface area contributed by atoms with Crippen molar-refractivity contribution in [1.82, 2.24) is 4.98 Å². The van der Waals surface area contributed by atoms with E-state index in [1.807, 2.05) is 6.08 Å². The number of rotatable bonds is 3. The fourth-order valence-electron chi connectivity index (χ4n) is 1.65. The van der Waals surface area contributed by atoms with Gasteiger partial charge in [0.25, 0.3) is 0 Å². The first-order valence-electron chi connectivity index (χ1n) is 5.23. The highest BCUT2D eigenvalue weighted by Crippen LogP contribution is 2.26. The van der Waals surface area contributed by atoms with E-state index in [2.05, 4.69) is 16.4 Å². The van der Waals surface area contributed by atoms with Crippen LogP contribution < -0.4 is 5.32 Å². The molecule has 1 aromatic heterocycles. The van der Waals surface area contributed by atoms with Crippen LogP contribution in [0.5, 0.6) is 0 Å². The Morgan fingerprint density at radius 1 is 1.59 bits per heavy atom. The number of amides is 1. The predicted molar refractivity (Wildman–Crippen MR) is 63.9 cm³/mol. The van der Waals surface area contributed by atoms with Crippen molar-refractivity contribution >= 4 is 27.4 Å². The van der Waals surface area contributed by atoms with Crippen LogP contribution in [0.15, 0.2) is 18.3 Å². The Morgan fingerprint density at radius 2 is 2.41 bits per heavy atom. The zero-order valence-electron chi connectivity index (χ0n) is 8.96. The van der Waals surface area contributed by atoms with Gasteiger partial charge in [-0.15, -0.1) is 0 Å². The number of nitrogens with one attached hydrogen (secondary N) is 1. The molecule has 0 radical (unpaired) electrons. The Labute approximate surface area is 102 Å². The van der Waals surface area contributed by atoms with Crippen molar-refractivity contribution in [3.05, 3.63) is 28.5 Å². The van der Waals surface area contributed by atoms with E-state index in [0.717, 1.165) is 36.8 Å². The second-order valence-corrected chi connectivity index (χ2v) is 4.74. The van der Waals surface area contributed by atoms with Crippen LogP contribution in [0.1, 0.15) is 19.3 Å². The minimum absolute atomic E-state index is 0.0528. The monoisotopic (exact) mass is 253 g/mol. The van der Waals surface area contributed by atoms with Gasteiger partial charge in [0.1, 0.15) is 6.20 Å². The molecule has 2 rings (SSSR count). The second kappa shape index (κ2) is 5.05. The third kappa shape index (κ3) is 2.88. The third-order valence-electron chi connectivity index (χ3n) is 2.54. The van der Waals surface area contributed by atoms with Crippen molar-refractivity contribution < 1.29 is 9.72 Å². The number of nitrogens with zero attached hydrogens (tertiary/aromatic N) is 2. The smallest absolute Gasteiger partial charge is 0.302 e. The summed E-state index contributed by atoms with van der Waals surface area (Å²) in [6.45, 7) is 0. The largest absolute Gasteiger partial charge is 0.345 e. The maximum Gasteiger partial charge on any atom is 0.345 e. The van der Waals surface area contributed by atoms with E-state index in [1.54, 1.807) is 0 Å². The first-order valence-corrected chi connectivity index (χ1v) is 6.04. The van der Waals surface area contributed by atoms with Crippen LogP contribution >= 0.6 is 11.3 Å². The number of hydrogen-bond acceptors (Lipinski definition) is 5. The van der Waals surface area contributed by atoms with Gasteiger partial charge >= 0.3 is 5.00 Å². The Balaban J connectivity index is 1.97. The van der Waals surface area contributed by atoms with E-state index in [-0.39, 0.29) is 22.0 Å². The Hall–Kier alpha value is -1.76. The lowest BCUT2D eigenvalue weighted by Crippen LogP contribution is -2.23. The lowest BCUT2D eigenvalue weighted by Gasteiger charge is -2.15. The molecule has 17 heavy (non-hydrogen) atoms. The maximum absolute atomic E-state index is 11.8. The maximum atomic E-state index is 11.8. The molecule has 1 aliphatic rings. The van der Waals surface area contributed by atoms with E-state index in [0.29, 0.717) is 0 Å². The van der Waals surface area contributed by atoms with E-state index >= 15 is 0 Å². The van der Waals surface area contributed by atoms with Gasteiger partial charge in [-0.3, -0.25) is 14.9 Å². The molecule has 0 fully saturated rings. The number of anilines is 1. The molecule has 7 heteroatoms. The first kappa shape index (κ1) is 11.7. The second-order valence-electron chi connectivity index (χ2n) is 3.73. The van der Waals surface area contributed by atoms with Crippen molar-refractivity contribution in [3.8, 4) is 0 Å². The summed E-state index contributed by atoms with van der Waals surface area (Å²) in [5.74, 6) is -0.165. The van der Waals surface area contributed by atoms with E-state index in [4.69, 9.17) is 0 Å². The molecule has 0 spiro atoms. The van der Waals surface area contributed by atoms with Crippen LogP contribution in [-0.4, -0.2) is 15.8 Å². The lowest BCUT2D eigenvalue weighted by atomic mass is 9.94. The van der Waals surface area contributed by atoms with Gasteiger partial charge < -0.3 is 5.32 Å². The van der Waals surface area contributed by atoms with Gasteiger partial charge in [0.15, 0.2) is 5.13 Å². The fourth-order valence-corrected chi connectivity index (χ4v) is 2.28. The standard InChI is InChI=1S/C10H11N3O3S/c14-9(7-4-2-1-3-5-7)12-10-11-6-8(17-10)13(15)16/h1-2,6-7H,3-5H2,(H,11,12,14)/t7-/m1/s1. The highest BCUT2D eigenvalue weighted by molar-refractivity contribution is 7.18. The predicted octanol–water partition coefficient (Wildman–Crippen LogP) is 2.35. The van der Waals surface area contributed by atoms with Crippen LogP contribution in [0.3, 0.4) is 0 Å². The zero-order valence-corrected chi connectivity index (χ0v) is 9.77. The molecule has 1 heterocycles. The molecular weight excluding hydrogens is 242 g/mol. The summed E-state index contributed by atoms with van der Waals surface area (Å²) in [5.41, 5.74) is 0. The number of carbonyl (C=O) groups excluding carboxylic acids is 1. The number of nitro groups is 1. The molecule has 0 aliphatic heterocycles. The Bertz CT molecular complexity index is 469. The molecule has 1 amide bonds. The summed E-state index contributed by atoms with van der Waals surface area (Å²) in [7, 11) is 0. The quantitative estimate of drug-likeness (QED) is 0.509. The van der Waals surface area contributed by atoms with Gasteiger partial charge in [-0.1, -0.05) is 12.2 Å². The average molecular weight is 253 g/mol. The molecule has 90 valence electrons. The van der Waals surface area contributed by atoms with E-state index in [1.165, 1.54) is 0 Å². The first-order chi connectivity index (χ1) is 8.16. The lowest BCUT2D eigenvalue weighted by molar-refractivity contribution is -0.380. The highest BCUT2D eigenvalue weighted by Gasteiger charge is 2.20. The van der Waals surface area contributed by atoms with Crippen LogP contribution in [0.25, 0.3) is 0 Å². The number of thiazole rings is 1. The van der Waals surface area contributed by atoms with E-state index < -0.39 is 4.92 Å². The molecule has 1 atom stereocenters. The summed E-state index contributed by atoms with van der Waals surface area (Å²) in [4.78, 5) is 25.5. The highest BCUT2D eigenvalue weighted by atomic mass is 32.1. The molecule has 0 saturated carbocycles. The molecular formula is C10H11N3O3S. The molecule has 6 nitrogen and oxygen atoms in total. The summed E-state index contributed by atoms with van der Waals surface area (Å²) in [5, 5.41) is 13.3. The van der Waals surface area contributed by atoms with Crippen LogP contribution in [0.2, 0.25) is 0 Å².